The Bertz CT molecular complexity index is 473. The highest BCUT2D eigenvalue weighted by atomic mass is 16.5. The molecule has 3 heteroatoms. The number of methoxy groups -OCH3 is 1. The summed E-state index contributed by atoms with van der Waals surface area (Å²) in [4.78, 5) is 2.55. The lowest BCUT2D eigenvalue weighted by atomic mass is 9.94. The first-order valence-corrected chi connectivity index (χ1v) is 8.82. The van der Waals surface area contributed by atoms with Gasteiger partial charge in [-0.25, -0.2) is 0 Å². The average molecular weight is 319 g/mol. The summed E-state index contributed by atoms with van der Waals surface area (Å²) >= 11 is 0. The normalized spacial score (nSPS) is 24.6. The van der Waals surface area contributed by atoms with Crippen molar-refractivity contribution in [1.82, 2.24) is 4.90 Å². The van der Waals surface area contributed by atoms with Crippen molar-refractivity contribution in [2.75, 3.05) is 26.7 Å². The molecule has 3 atom stereocenters. The van der Waals surface area contributed by atoms with E-state index in [1.807, 2.05) is 0 Å². The van der Waals surface area contributed by atoms with E-state index in [1.54, 1.807) is 7.11 Å². The molecule has 0 saturated carbocycles. The van der Waals surface area contributed by atoms with Gasteiger partial charge in [-0.2, -0.15) is 0 Å². The van der Waals surface area contributed by atoms with Crippen molar-refractivity contribution in [3.8, 4) is 0 Å². The molecule has 1 aromatic carbocycles. The number of hydrogen-bond acceptors (Lipinski definition) is 3. The van der Waals surface area contributed by atoms with Crippen molar-refractivity contribution in [2.24, 2.45) is 5.92 Å². The molecule has 1 aromatic rings. The second kappa shape index (κ2) is 7.78. The van der Waals surface area contributed by atoms with Gasteiger partial charge in [0.1, 0.15) is 0 Å². The molecule has 1 aliphatic rings. The van der Waals surface area contributed by atoms with Gasteiger partial charge in [-0.3, -0.25) is 4.90 Å². The molecule has 1 fully saturated rings. The van der Waals surface area contributed by atoms with Crippen LogP contribution in [0, 0.1) is 5.92 Å². The number of benzene rings is 1. The predicted octanol–water partition coefficient (Wildman–Crippen LogP) is 3.86. The molecule has 0 aliphatic carbocycles. The van der Waals surface area contributed by atoms with E-state index in [2.05, 4.69) is 63.8 Å². The van der Waals surface area contributed by atoms with Gasteiger partial charge in [0.25, 0.3) is 0 Å². The Morgan fingerprint density at radius 3 is 2.26 bits per heavy atom. The maximum atomic E-state index is 5.82. The Morgan fingerprint density at radius 2 is 1.74 bits per heavy atom. The molecule has 0 bridgehead atoms. The van der Waals surface area contributed by atoms with E-state index < -0.39 is 0 Å². The van der Waals surface area contributed by atoms with Crippen LogP contribution in [-0.2, 0) is 21.5 Å². The molecule has 0 spiro atoms. The zero-order chi connectivity index (χ0) is 17.0. The van der Waals surface area contributed by atoms with Gasteiger partial charge in [0.2, 0.25) is 0 Å². The minimum atomic E-state index is -0.218. The van der Waals surface area contributed by atoms with Crippen LogP contribution in [0.3, 0.4) is 0 Å². The second-order valence-electron chi connectivity index (χ2n) is 7.70. The smallest absolute Gasteiger partial charge is 0.0871 e. The fourth-order valence-electron chi connectivity index (χ4n) is 3.50. The minimum absolute atomic E-state index is 0.218. The largest absolute Gasteiger partial charge is 0.374 e. The molecule has 0 aromatic heterocycles. The first-order chi connectivity index (χ1) is 10.8. The average Bonchev–Trinajstić information content (AvgIpc) is 2.46. The van der Waals surface area contributed by atoms with Gasteiger partial charge in [-0.1, -0.05) is 31.2 Å². The standard InChI is InChI=1S/C20H33NO2/c1-15(12-21-13-16(2)23-17(3)14-21)11-18-7-9-19(10-8-18)20(4,5)22-6/h7-10,15-17H,11-14H2,1-6H3. The summed E-state index contributed by atoms with van der Waals surface area (Å²) in [5.74, 6) is 0.647. The highest BCUT2D eigenvalue weighted by Gasteiger charge is 2.23. The van der Waals surface area contributed by atoms with Crippen LogP contribution >= 0.6 is 0 Å². The SMILES string of the molecule is COC(C)(C)c1ccc(CC(C)CN2CC(C)OC(C)C2)cc1. The summed E-state index contributed by atoms with van der Waals surface area (Å²) in [6.07, 6.45) is 1.82. The van der Waals surface area contributed by atoms with E-state index in [-0.39, 0.29) is 5.60 Å². The maximum Gasteiger partial charge on any atom is 0.0871 e. The molecule has 1 saturated heterocycles. The molecular formula is C20H33NO2. The van der Waals surface area contributed by atoms with Crippen LogP contribution in [0.5, 0.6) is 0 Å². The van der Waals surface area contributed by atoms with E-state index in [1.165, 1.54) is 11.1 Å². The summed E-state index contributed by atoms with van der Waals surface area (Å²) in [6, 6.07) is 8.89. The van der Waals surface area contributed by atoms with Gasteiger partial charge in [0, 0.05) is 26.7 Å². The number of hydrogen-bond donors (Lipinski definition) is 0. The van der Waals surface area contributed by atoms with Crippen molar-refractivity contribution >= 4 is 0 Å². The molecular weight excluding hydrogens is 286 g/mol. The summed E-state index contributed by atoms with van der Waals surface area (Å²) in [7, 11) is 1.76. The Hall–Kier alpha value is -0.900. The summed E-state index contributed by atoms with van der Waals surface area (Å²) in [5, 5.41) is 0. The zero-order valence-electron chi connectivity index (χ0n) is 15.6. The number of morpholine rings is 1. The first kappa shape index (κ1) is 18.4. The van der Waals surface area contributed by atoms with E-state index in [0.29, 0.717) is 18.1 Å². The molecule has 3 nitrogen and oxygen atoms in total. The summed E-state index contributed by atoms with van der Waals surface area (Å²) in [5.41, 5.74) is 2.42. The third-order valence-electron chi connectivity index (χ3n) is 4.81. The third-order valence-corrected chi connectivity index (χ3v) is 4.81. The lowest BCUT2D eigenvalue weighted by Crippen LogP contribution is -2.47. The Balaban J connectivity index is 1.89. The Kier molecular flexibility index (Phi) is 6.24. The van der Waals surface area contributed by atoms with E-state index in [9.17, 15) is 0 Å². The minimum Gasteiger partial charge on any atom is -0.374 e. The molecule has 0 radical (unpaired) electrons. The van der Waals surface area contributed by atoms with Gasteiger partial charge in [0.15, 0.2) is 0 Å². The molecule has 2 rings (SSSR count). The lowest BCUT2D eigenvalue weighted by molar-refractivity contribution is -0.0708. The Labute approximate surface area is 142 Å². The molecule has 23 heavy (non-hydrogen) atoms. The van der Waals surface area contributed by atoms with Crippen molar-refractivity contribution in [3.05, 3.63) is 35.4 Å². The first-order valence-electron chi connectivity index (χ1n) is 8.82. The van der Waals surface area contributed by atoms with E-state index in [0.717, 1.165) is 26.1 Å². The van der Waals surface area contributed by atoms with E-state index >= 15 is 0 Å². The van der Waals surface area contributed by atoms with Crippen LogP contribution in [0.15, 0.2) is 24.3 Å². The molecule has 1 heterocycles. The molecule has 1 aliphatic heterocycles. The third kappa shape index (κ3) is 5.30. The molecule has 0 amide bonds. The maximum absolute atomic E-state index is 5.82. The van der Waals surface area contributed by atoms with Gasteiger partial charge < -0.3 is 9.47 Å². The van der Waals surface area contributed by atoms with Crippen molar-refractivity contribution in [2.45, 2.75) is 58.8 Å². The van der Waals surface area contributed by atoms with Crippen LogP contribution in [0.2, 0.25) is 0 Å². The summed E-state index contributed by atoms with van der Waals surface area (Å²) in [6.45, 7) is 14.1. The molecule has 0 N–H and O–H groups in total. The van der Waals surface area contributed by atoms with Gasteiger partial charge in [0.05, 0.1) is 17.8 Å². The van der Waals surface area contributed by atoms with Crippen molar-refractivity contribution in [3.63, 3.8) is 0 Å². The highest BCUT2D eigenvalue weighted by Crippen LogP contribution is 2.24. The van der Waals surface area contributed by atoms with Gasteiger partial charge in [-0.15, -0.1) is 0 Å². The number of nitrogens with zero attached hydrogens (tertiary/aromatic N) is 1. The summed E-state index contributed by atoms with van der Waals surface area (Å²) < 4.78 is 11.4. The van der Waals surface area contributed by atoms with Crippen molar-refractivity contribution < 1.29 is 9.47 Å². The van der Waals surface area contributed by atoms with Crippen LogP contribution in [-0.4, -0.2) is 43.9 Å². The highest BCUT2D eigenvalue weighted by molar-refractivity contribution is 5.26. The van der Waals surface area contributed by atoms with Gasteiger partial charge in [-0.05, 0) is 51.2 Å². The van der Waals surface area contributed by atoms with E-state index in [4.69, 9.17) is 9.47 Å². The predicted molar refractivity (Wildman–Crippen MR) is 95.8 cm³/mol. The fourth-order valence-corrected chi connectivity index (χ4v) is 3.50. The number of ether oxygens (including phenoxy) is 2. The fraction of sp³-hybridized carbons (Fsp3) is 0.700. The van der Waals surface area contributed by atoms with Crippen LogP contribution in [0.4, 0.5) is 0 Å². The van der Waals surface area contributed by atoms with Gasteiger partial charge >= 0.3 is 0 Å². The van der Waals surface area contributed by atoms with Crippen LogP contribution in [0.25, 0.3) is 0 Å². The monoisotopic (exact) mass is 319 g/mol. The zero-order valence-corrected chi connectivity index (χ0v) is 15.6. The number of rotatable bonds is 6. The van der Waals surface area contributed by atoms with Crippen molar-refractivity contribution in [1.29, 1.82) is 0 Å². The molecule has 3 unspecified atom stereocenters. The quantitative estimate of drug-likeness (QED) is 0.795. The van der Waals surface area contributed by atoms with Crippen LogP contribution in [0.1, 0.15) is 45.7 Å². The second-order valence-corrected chi connectivity index (χ2v) is 7.70. The Morgan fingerprint density at radius 1 is 1.17 bits per heavy atom. The lowest BCUT2D eigenvalue weighted by Gasteiger charge is -2.36. The van der Waals surface area contributed by atoms with Crippen LogP contribution < -0.4 is 0 Å². The topological polar surface area (TPSA) is 21.7 Å². The molecule has 130 valence electrons.